The Hall–Kier alpha value is -2.93. The Labute approximate surface area is 151 Å². The lowest BCUT2D eigenvalue weighted by Gasteiger charge is -2.09. The summed E-state index contributed by atoms with van der Waals surface area (Å²) in [5.41, 5.74) is 8.65. The van der Waals surface area contributed by atoms with Crippen LogP contribution in [0.3, 0.4) is 0 Å². The lowest BCUT2D eigenvalue weighted by atomic mass is 10.0. The molecule has 1 fully saturated rings. The van der Waals surface area contributed by atoms with Gasteiger partial charge in [-0.05, 0) is 31.0 Å². The third kappa shape index (κ3) is 3.67. The lowest BCUT2D eigenvalue weighted by molar-refractivity contribution is -0.135. The van der Waals surface area contributed by atoms with E-state index in [1.54, 1.807) is 24.3 Å². The highest BCUT2D eigenvalue weighted by atomic mass is 16.5. The van der Waals surface area contributed by atoms with Crippen molar-refractivity contribution in [1.82, 2.24) is 5.16 Å². The van der Waals surface area contributed by atoms with Gasteiger partial charge in [0.25, 0.3) is 0 Å². The van der Waals surface area contributed by atoms with Crippen LogP contribution in [0.15, 0.2) is 51.6 Å². The molecule has 0 radical (unpaired) electrons. The second-order valence-corrected chi connectivity index (χ2v) is 6.22. The number of benzene rings is 1. The molecule has 1 heterocycles. The Kier molecular flexibility index (Phi) is 5.18. The molecule has 7 heteroatoms. The zero-order chi connectivity index (χ0) is 18.7. The molecule has 1 aliphatic rings. The number of methoxy groups -OCH3 is 1. The average molecular weight is 355 g/mol. The maximum Gasteiger partial charge on any atom is 0.341 e. The number of aliphatic imine (C=N–C) groups is 1. The SMILES string of the molecule is COC(=O)C(=CN)C(=Nc1cccc(CO)c1)[C@@H]1CC1c1cc(C)no1. The number of nitrogens with zero attached hydrogens (tertiary/aromatic N) is 2. The predicted molar refractivity (Wildman–Crippen MR) is 95.8 cm³/mol. The highest BCUT2D eigenvalue weighted by Crippen LogP contribution is 2.50. The summed E-state index contributed by atoms with van der Waals surface area (Å²) in [6.45, 7) is 1.78. The molecule has 1 aromatic carbocycles. The van der Waals surface area contributed by atoms with E-state index in [-0.39, 0.29) is 24.0 Å². The first-order valence-corrected chi connectivity index (χ1v) is 8.29. The molecule has 1 saturated carbocycles. The first kappa shape index (κ1) is 17.9. The van der Waals surface area contributed by atoms with Crippen LogP contribution in [0.5, 0.6) is 0 Å². The van der Waals surface area contributed by atoms with Crippen molar-refractivity contribution in [3.63, 3.8) is 0 Å². The van der Waals surface area contributed by atoms with Gasteiger partial charge in [0.1, 0.15) is 5.76 Å². The van der Waals surface area contributed by atoms with E-state index in [9.17, 15) is 9.90 Å². The summed E-state index contributed by atoms with van der Waals surface area (Å²) in [6.07, 6.45) is 2.00. The van der Waals surface area contributed by atoms with Crippen LogP contribution in [0, 0.1) is 12.8 Å². The third-order valence-electron chi connectivity index (χ3n) is 4.34. The van der Waals surface area contributed by atoms with Crippen LogP contribution in [0.1, 0.15) is 29.4 Å². The number of nitrogens with two attached hydrogens (primary N) is 1. The first-order valence-electron chi connectivity index (χ1n) is 8.29. The molecular formula is C19H21N3O4. The van der Waals surface area contributed by atoms with E-state index >= 15 is 0 Å². The molecule has 7 nitrogen and oxygen atoms in total. The number of hydrogen-bond acceptors (Lipinski definition) is 7. The summed E-state index contributed by atoms with van der Waals surface area (Å²) in [5.74, 6) is 0.305. The normalized spacial score (nSPS) is 20.1. The minimum absolute atomic E-state index is 0.0194. The van der Waals surface area contributed by atoms with Crippen molar-refractivity contribution in [2.75, 3.05) is 7.11 Å². The number of aromatic nitrogens is 1. The van der Waals surface area contributed by atoms with E-state index in [4.69, 9.17) is 15.0 Å². The molecular weight excluding hydrogens is 334 g/mol. The summed E-state index contributed by atoms with van der Waals surface area (Å²) in [4.78, 5) is 16.8. The van der Waals surface area contributed by atoms with Crippen molar-refractivity contribution in [2.45, 2.75) is 25.9 Å². The standard InChI is InChI=1S/C19H21N3O4/c1-11-6-17(26-22-11)14-8-15(14)18(16(9-20)19(24)25-2)21-13-5-3-4-12(7-13)10-23/h3-7,9,14-15,23H,8,10,20H2,1-2H3/t14?,15-/m1/s1. The van der Waals surface area contributed by atoms with Crippen LogP contribution in [-0.4, -0.2) is 29.1 Å². The molecule has 136 valence electrons. The maximum absolute atomic E-state index is 12.2. The zero-order valence-electron chi connectivity index (χ0n) is 14.7. The van der Waals surface area contributed by atoms with E-state index < -0.39 is 5.97 Å². The number of aliphatic hydroxyl groups is 1. The van der Waals surface area contributed by atoms with E-state index in [0.717, 1.165) is 23.4 Å². The fourth-order valence-corrected chi connectivity index (χ4v) is 2.94. The molecule has 0 spiro atoms. The molecule has 1 aromatic heterocycles. The van der Waals surface area contributed by atoms with Gasteiger partial charge in [-0.15, -0.1) is 0 Å². The van der Waals surface area contributed by atoms with Crippen LogP contribution in [0.2, 0.25) is 0 Å². The zero-order valence-corrected chi connectivity index (χ0v) is 14.7. The van der Waals surface area contributed by atoms with Crippen molar-refractivity contribution >= 4 is 17.4 Å². The number of aliphatic hydroxyl groups excluding tert-OH is 1. The molecule has 2 aromatic rings. The van der Waals surface area contributed by atoms with Crippen molar-refractivity contribution in [1.29, 1.82) is 0 Å². The topological polar surface area (TPSA) is 111 Å². The van der Waals surface area contributed by atoms with E-state index in [1.165, 1.54) is 13.3 Å². The van der Waals surface area contributed by atoms with Gasteiger partial charge in [0.05, 0.1) is 36.4 Å². The summed E-state index contributed by atoms with van der Waals surface area (Å²) < 4.78 is 10.2. The summed E-state index contributed by atoms with van der Waals surface area (Å²) >= 11 is 0. The predicted octanol–water partition coefficient (Wildman–Crippen LogP) is 2.37. The smallest absolute Gasteiger partial charge is 0.341 e. The van der Waals surface area contributed by atoms with Crippen LogP contribution >= 0.6 is 0 Å². The number of aryl methyl sites for hydroxylation is 1. The fourth-order valence-electron chi connectivity index (χ4n) is 2.94. The summed E-state index contributed by atoms with van der Waals surface area (Å²) in [6, 6.07) is 9.06. The summed E-state index contributed by atoms with van der Waals surface area (Å²) in [7, 11) is 1.31. The number of carbonyl (C=O) groups is 1. The lowest BCUT2D eigenvalue weighted by Crippen LogP contribution is -2.18. The molecule has 1 aliphatic carbocycles. The molecule has 0 saturated heterocycles. The summed E-state index contributed by atoms with van der Waals surface area (Å²) in [5, 5.41) is 13.2. The molecule has 0 bridgehead atoms. The van der Waals surface area contributed by atoms with Crippen molar-refractivity contribution < 1.29 is 19.2 Å². The first-order chi connectivity index (χ1) is 12.6. The van der Waals surface area contributed by atoms with Gasteiger partial charge in [-0.3, -0.25) is 4.99 Å². The average Bonchev–Trinajstić information content (AvgIpc) is 3.34. The Morgan fingerprint density at radius 3 is 2.92 bits per heavy atom. The second kappa shape index (κ2) is 7.53. The largest absolute Gasteiger partial charge is 0.465 e. The van der Waals surface area contributed by atoms with Crippen LogP contribution < -0.4 is 5.73 Å². The van der Waals surface area contributed by atoms with E-state index in [0.29, 0.717) is 11.4 Å². The molecule has 0 aliphatic heterocycles. The van der Waals surface area contributed by atoms with Gasteiger partial charge in [-0.2, -0.15) is 0 Å². The molecule has 3 rings (SSSR count). The van der Waals surface area contributed by atoms with Gasteiger partial charge >= 0.3 is 5.97 Å². The number of esters is 1. The maximum atomic E-state index is 12.2. The van der Waals surface area contributed by atoms with Gasteiger partial charge < -0.3 is 20.1 Å². The Morgan fingerprint density at radius 2 is 2.31 bits per heavy atom. The molecule has 3 N–H and O–H groups in total. The molecule has 26 heavy (non-hydrogen) atoms. The quantitative estimate of drug-likeness (QED) is 0.467. The highest BCUT2D eigenvalue weighted by Gasteiger charge is 2.46. The Balaban J connectivity index is 1.97. The third-order valence-corrected chi connectivity index (χ3v) is 4.34. The van der Waals surface area contributed by atoms with Gasteiger partial charge in [0, 0.05) is 24.1 Å². The minimum Gasteiger partial charge on any atom is -0.465 e. The van der Waals surface area contributed by atoms with Gasteiger partial charge in [-0.1, -0.05) is 17.3 Å². The number of hydrogen-bond donors (Lipinski definition) is 2. The second-order valence-electron chi connectivity index (χ2n) is 6.22. The van der Waals surface area contributed by atoms with Crippen molar-refractivity contribution in [2.24, 2.45) is 16.6 Å². The highest BCUT2D eigenvalue weighted by molar-refractivity contribution is 6.22. The van der Waals surface area contributed by atoms with E-state index in [1.807, 2.05) is 13.0 Å². The fraction of sp³-hybridized carbons (Fsp3) is 0.316. The molecule has 2 atom stereocenters. The van der Waals surface area contributed by atoms with Crippen LogP contribution in [0.25, 0.3) is 0 Å². The number of rotatable bonds is 6. The Bertz CT molecular complexity index is 869. The molecule has 1 unspecified atom stereocenters. The van der Waals surface area contributed by atoms with Crippen molar-refractivity contribution in [3.8, 4) is 0 Å². The Morgan fingerprint density at radius 1 is 1.50 bits per heavy atom. The number of carbonyl (C=O) groups excluding carboxylic acids is 1. The van der Waals surface area contributed by atoms with Gasteiger partial charge in [0.15, 0.2) is 0 Å². The monoisotopic (exact) mass is 355 g/mol. The van der Waals surface area contributed by atoms with Crippen LogP contribution in [0.4, 0.5) is 5.69 Å². The van der Waals surface area contributed by atoms with Crippen LogP contribution in [-0.2, 0) is 16.1 Å². The number of ether oxygens (including phenoxy) is 1. The minimum atomic E-state index is -0.538. The van der Waals surface area contributed by atoms with Gasteiger partial charge in [0.2, 0.25) is 0 Å². The van der Waals surface area contributed by atoms with Crippen molar-refractivity contribution in [3.05, 3.63) is 59.1 Å². The molecule has 0 amide bonds. The van der Waals surface area contributed by atoms with E-state index in [2.05, 4.69) is 10.1 Å². The van der Waals surface area contributed by atoms with Gasteiger partial charge in [-0.25, -0.2) is 4.79 Å².